The van der Waals surface area contributed by atoms with E-state index in [1.807, 2.05) is 9.80 Å². The zero-order chi connectivity index (χ0) is 55.4. The molecule has 2 aliphatic rings. The smallest absolute Gasteiger partial charge is 0.128 e. The van der Waals surface area contributed by atoms with Crippen LogP contribution in [-0.2, 0) is 10.8 Å². The molecule has 12 aromatic rings. The van der Waals surface area contributed by atoms with Crippen LogP contribution >= 0.6 is 22.7 Å². The number of hydrogen-bond acceptors (Lipinski definition) is 4. The van der Waals surface area contributed by atoms with Gasteiger partial charge in [-0.15, -0.1) is 22.7 Å². The van der Waals surface area contributed by atoms with Crippen LogP contribution in [-0.4, -0.2) is 16.1 Å². The summed E-state index contributed by atoms with van der Waals surface area (Å²) in [5.74, 6) is -2.69. The predicted molar refractivity (Wildman–Crippen MR) is 337 cm³/mol. The summed E-state index contributed by atoms with van der Waals surface area (Å²) in [5, 5.41) is 7.26. The maximum atomic E-state index is 15.9. The van der Waals surface area contributed by atoms with Crippen LogP contribution in [0.5, 0.6) is 0 Å². The van der Waals surface area contributed by atoms with Crippen LogP contribution in [0.1, 0.15) is 47.2 Å². The molecule has 0 saturated heterocycles. The molecule has 2 aromatic heterocycles. The number of rotatable bonds is 8. The lowest BCUT2D eigenvalue weighted by molar-refractivity contribution is 0.563. The molecular weight excluding hydrogens is 1070 g/mol. The molecule has 0 N–H and O–H groups in total. The van der Waals surface area contributed by atoms with Crippen LogP contribution in [0.4, 0.5) is 51.7 Å². The molecule has 0 bridgehead atoms. The summed E-state index contributed by atoms with van der Waals surface area (Å²) >= 11 is 3.50. The number of benzene rings is 10. The molecule has 0 fully saturated rings. The van der Waals surface area contributed by atoms with Crippen molar-refractivity contribution in [3.05, 3.63) is 251 Å². The maximum absolute atomic E-state index is 15.9. The summed E-state index contributed by atoms with van der Waals surface area (Å²) in [6.45, 7) is 18.8. The van der Waals surface area contributed by atoms with Crippen molar-refractivity contribution in [2.45, 2.75) is 64.0 Å². The second kappa shape index (κ2) is 17.9. The summed E-state index contributed by atoms with van der Waals surface area (Å²) in [7, 11) is -3.60. The summed E-state index contributed by atoms with van der Waals surface area (Å²) in [4.78, 5) is 4.06. The van der Waals surface area contributed by atoms with E-state index in [1.54, 1.807) is 22.7 Å². The molecular formula is C70H56F4N2S2Si2. The normalized spacial score (nSPS) is 14.2. The fourth-order valence-corrected chi connectivity index (χ4v) is 20.9. The van der Waals surface area contributed by atoms with E-state index >= 15 is 17.6 Å². The molecule has 2 heterocycles. The Morgan fingerprint density at radius 1 is 0.338 bits per heavy atom. The molecule has 394 valence electrons. The monoisotopic (exact) mass is 1120 g/mol. The fourth-order valence-electron chi connectivity index (χ4n) is 13.5. The molecule has 0 aliphatic heterocycles. The summed E-state index contributed by atoms with van der Waals surface area (Å²) < 4.78 is 68.0. The van der Waals surface area contributed by atoms with Crippen molar-refractivity contribution < 1.29 is 17.6 Å². The largest absolute Gasteiger partial charge is 0.309 e. The second-order valence-corrected chi connectivity index (χ2v) is 36.3. The van der Waals surface area contributed by atoms with Gasteiger partial charge in [0.25, 0.3) is 0 Å². The maximum Gasteiger partial charge on any atom is 0.128 e. The second-order valence-electron chi connectivity index (χ2n) is 24.2. The van der Waals surface area contributed by atoms with Gasteiger partial charge in [-0.2, -0.15) is 0 Å². The number of anilines is 6. The van der Waals surface area contributed by atoms with Gasteiger partial charge >= 0.3 is 0 Å². The van der Waals surface area contributed by atoms with Gasteiger partial charge in [-0.3, -0.25) is 0 Å². The Kier molecular flexibility index (Phi) is 11.4. The van der Waals surface area contributed by atoms with Gasteiger partial charge in [0.1, 0.15) is 23.3 Å². The molecule has 0 amide bonds. The van der Waals surface area contributed by atoms with Crippen molar-refractivity contribution in [1.82, 2.24) is 0 Å². The van der Waals surface area contributed by atoms with Crippen molar-refractivity contribution >= 4 is 124 Å². The Bertz CT molecular complexity index is 4250. The Balaban J connectivity index is 1.06. The minimum atomic E-state index is -1.80. The van der Waals surface area contributed by atoms with Crippen LogP contribution in [0.25, 0.3) is 51.5 Å². The number of hydrogen-bond donors (Lipinski definition) is 0. The molecule has 10 aromatic carbocycles. The third-order valence-electron chi connectivity index (χ3n) is 16.9. The first-order valence-corrected chi connectivity index (χ1v) is 35.9. The number of halogens is 4. The third-order valence-corrected chi connectivity index (χ3v) is 23.9. The molecule has 0 saturated carbocycles. The van der Waals surface area contributed by atoms with E-state index in [0.29, 0.717) is 11.4 Å². The van der Waals surface area contributed by atoms with Crippen molar-refractivity contribution in [3.63, 3.8) is 0 Å². The predicted octanol–water partition coefficient (Wildman–Crippen LogP) is 20.0. The Morgan fingerprint density at radius 3 is 1.06 bits per heavy atom. The van der Waals surface area contributed by atoms with Gasteiger partial charge in [-0.1, -0.05) is 174 Å². The van der Waals surface area contributed by atoms with Crippen LogP contribution in [0.3, 0.4) is 0 Å². The average Bonchev–Trinajstić information content (AvgIpc) is 4.20. The van der Waals surface area contributed by atoms with Crippen molar-refractivity contribution in [3.8, 4) is 11.1 Å². The third kappa shape index (κ3) is 7.51. The van der Waals surface area contributed by atoms with E-state index < -0.39 is 50.2 Å². The fraction of sp³-hybridized carbons (Fsp3) is 0.143. The van der Waals surface area contributed by atoms with E-state index in [0.717, 1.165) is 88.4 Å². The zero-order valence-corrected chi connectivity index (χ0v) is 49.3. The Morgan fingerprint density at radius 2 is 0.688 bits per heavy atom. The lowest BCUT2D eigenvalue weighted by Crippen LogP contribution is -2.40. The van der Waals surface area contributed by atoms with E-state index in [1.165, 1.54) is 65.9 Å². The zero-order valence-electron chi connectivity index (χ0n) is 45.7. The van der Waals surface area contributed by atoms with Crippen LogP contribution in [0.15, 0.2) is 194 Å². The molecule has 1 spiro atoms. The van der Waals surface area contributed by atoms with Gasteiger partial charge in [-0.05, 0) is 116 Å². The standard InChI is InChI=1S/C70H56F4N2S2Si2/c1-69(2)55-21-9-11-23-57(55)70(58-24-12-10-22-56(58)69)59-39-45(75(47-35-41(71)33-42(72)36-47)61-25-13-17-51-53-19-15-27-63(79(3,4)5)67(53)77-65(51)61)29-31-49(59)50-32-30-46(40-60(50)70)76(48-37-43(73)34-44(74)38-48)62-26-14-18-52-54-20-16-28-64(80(6,7)8)68(54)78-66(52)62/h9-40H,1-8H3. The lowest BCUT2D eigenvalue weighted by atomic mass is 9.55. The molecule has 2 aliphatic carbocycles. The molecule has 0 atom stereocenters. The van der Waals surface area contributed by atoms with Crippen molar-refractivity contribution in [2.24, 2.45) is 0 Å². The topological polar surface area (TPSA) is 6.48 Å². The summed E-state index contributed by atoms with van der Waals surface area (Å²) in [6.07, 6.45) is 0. The van der Waals surface area contributed by atoms with E-state index in [4.69, 9.17) is 0 Å². The van der Waals surface area contributed by atoms with Gasteiger partial charge in [0.05, 0.1) is 53.7 Å². The SMILES string of the molecule is CC1(C)c2ccccc2C2(c3cc(N(c4cc(F)cc(F)c4)c4cccc5c4sc4c([Si](C)(C)C)cccc45)ccc3-c3ccc(N(c4cc(F)cc(F)c4)c4cccc5c4sc4c([Si](C)(C)C)cccc45)cc32)c2ccccc21. The van der Waals surface area contributed by atoms with Gasteiger partial charge < -0.3 is 9.80 Å². The Labute approximate surface area is 473 Å². The first-order valence-electron chi connectivity index (χ1n) is 27.2. The minimum Gasteiger partial charge on any atom is -0.309 e. The summed E-state index contributed by atoms with van der Waals surface area (Å²) in [6, 6.07) is 63.8. The first kappa shape index (κ1) is 50.6. The number of nitrogens with zero attached hydrogens (tertiary/aromatic N) is 2. The molecule has 0 radical (unpaired) electrons. The molecule has 2 nitrogen and oxygen atoms in total. The van der Waals surface area contributed by atoms with Gasteiger partial charge in [-0.25, -0.2) is 17.6 Å². The minimum absolute atomic E-state index is 0.362. The first-order chi connectivity index (χ1) is 38.3. The molecule has 80 heavy (non-hydrogen) atoms. The highest BCUT2D eigenvalue weighted by atomic mass is 32.1. The molecule has 0 unspecified atom stereocenters. The van der Waals surface area contributed by atoms with Gasteiger partial charge in [0.2, 0.25) is 0 Å². The number of thiophene rings is 2. The van der Waals surface area contributed by atoms with Gasteiger partial charge in [0, 0.05) is 59.9 Å². The highest BCUT2D eigenvalue weighted by Crippen LogP contribution is 2.64. The quantitative estimate of drug-likeness (QED) is 0.111. The van der Waals surface area contributed by atoms with Crippen molar-refractivity contribution in [1.29, 1.82) is 0 Å². The lowest BCUT2D eigenvalue weighted by Gasteiger charge is -2.47. The van der Waals surface area contributed by atoms with Crippen LogP contribution < -0.4 is 20.2 Å². The Hall–Kier alpha value is -7.61. The van der Waals surface area contributed by atoms with Gasteiger partial charge in [0.15, 0.2) is 0 Å². The molecule has 14 rings (SSSR count). The number of fused-ring (bicyclic) bond motifs is 15. The highest BCUT2D eigenvalue weighted by molar-refractivity contribution is 7.28. The van der Waals surface area contributed by atoms with E-state index in [-0.39, 0.29) is 0 Å². The summed E-state index contributed by atoms with van der Waals surface area (Å²) in [5.41, 5.74) is 11.1. The van der Waals surface area contributed by atoms with E-state index in [2.05, 4.69) is 211 Å². The average molecular weight is 1120 g/mol. The van der Waals surface area contributed by atoms with Crippen LogP contribution in [0, 0.1) is 23.3 Å². The molecule has 10 heteroatoms. The highest BCUT2D eigenvalue weighted by Gasteiger charge is 2.54. The van der Waals surface area contributed by atoms with Crippen molar-refractivity contribution in [2.75, 3.05) is 9.80 Å². The van der Waals surface area contributed by atoms with Crippen LogP contribution in [0.2, 0.25) is 39.3 Å². The van der Waals surface area contributed by atoms with E-state index in [9.17, 15) is 0 Å².